The summed E-state index contributed by atoms with van der Waals surface area (Å²) in [6.45, 7) is 2.06. The Hall–Kier alpha value is -0.200. The standard InChI is InChI=1S/C10H22O5/c1-7(13-3)9(14-4)10(15-5)8(11)6-12-2/h7-11H,6H2,1-5H3/t7-,8-,9-,10-/m1/s1. The van der Waals surface area contributed by atoms with Gasteiger partial charge in [0.25, 0.3) is 0 Å². The average molecular weight is 222 g/mol. The normalized spacial score (nSPS) is 19.6. The Balaban J connectivity index is 4.44. The molecule has 0 fully saturated rings. The summed E-state index contributed by atoms with van der Waals surface area (Å²) in [5.41, 5.74) is 0. The van der Waals surface area contributed by atoms with Gasteiger partial charge in [0, 0.05) is 28.4 Å². The van der Waals surface area contributed by atoms with Crippen molar-refractivity contribution >= 4 is 0 Å². The molecule has 92 valence electrons. The molecule has 0 rings (SSSR count). The van der Waals surface area contributed by atoms with Gasteiger partial charge in [0.05, 0.1) is 12.7 Å². The summed E-state index contributed by atoms with van der Waals surface area (Å²) in [7, 11) is 6.20. The SMILES string of the molecule is COC[C@@H](O)[C@@H](OC)[C@H](OC)[C@@H](C)OC. The van der Waals surface area contributed by atoms with Gasteiger partial charge in [0.1, 0.15) is 18.3 Å². The maximum Gasteiger partial charge on any atom is 0.114 e. The second-order valence-electron chi connectivity index (χ2n) is 3.36. The second kappa shape index (κ2) is 8.01. The van der Waals surface area contributed by atoms with Crippen molar-refractivity contribution in [1.82, 2.24) is 0 Å². The first kappa shape index (κ1) is 14.8. The smallest absolute Gasteiger partial charge is 0.114 e. The highest BCUT2D eigenvalue weighted by molar-refractivity contribution is 4.82. The highest BCUT2D eigenvalue weighted by atomic mass is 16.6. The Bertz CT molecular complexity index is 153. The molecule has 4 atom stereocenters. The maximum atomic E-state index is 9.77. The van der Waals surface area contributed by atoms with Gasteiger partial charge >= 0.3 is 0 Å². The molecule has 0 aromatic heterocycles. The van der Waals surface area contributed by atoms with Crippen molar-refractivity contribution in [3.05, 3.63) is 0 Å². The minimum atomic E-state index is -0.734. The quantitative estimate of drug-likeness (QED) is 0.629. The summed E-state index contributed by atoms with van der Waals surface area (Å²) in [6, 6.07) is 0. The van der Waals surface area contributed by atoms with E-state index in [1.807, 2.05) is 6.92 Å². The van der Waals surface area contributed by atoms with Gasteiger partial charge in [0.2, 0.25) is 0 Å². The molecule has 0 amide bonds. The van der Waals surface area contributed by atoms with Gasteiger partial charge in [0.15, 0.2) is 0 Å². The van der Waals surface area contributed by atoms with E-state index in [-0.39, 0.29) is 18.8 Å². The van der Waals surface area contributed by atoms with Gasteiger partial charge in [-0.25, -0.2) is 0 Å². The molecule has 5 nitrogen and oxygen atoms in total. The van der Waals surface area contributed by atoms with Gasteiger partial charge in [-0.3, -0.25) is 0 Å². The number of rotatable bonds is 8. The Morgan fingerprint density at radius 3 is 1.80 bits per heavy atom. The lowest BCUT2D eigenvalue weighted by Crippen LogP contribution is -2.48. The van der Waals surface area contributed by atoms with E-state index < -0.39 is 12.2 Å². The molecule has 0 aromatic rings. The molecule has 0 heterocycles. The van der Waals surface area contributed by atoms with E-state index in [4.69, 9.17) is 18.9 Å². The molecule has 15 heavy (non-hydrogen) atoms. The largest absolute Gasteiger partial charge is 0.388 e. The Kier molecular flexibility index (Phi) is 7.90. The fraction of sp³-hybridized carbons (Fsp3) is 1.00. The predicted molar refractivity (Wildman–Crippen MR) is 55.9 cm³/mol. The number of aliphatic hydroxyl groups excluding tert-OH is 1. The van der Waals surface area contributed by atoms with Gasteiger partial charge in [-0.1, -0.05) is 0 Å². The van der Waals surface area contributed by atoms with E-state index in [9.17, 15) is 5.11 Å². The van der Waals surface area contributed by atoms with Gasteiger partial charge in [-0.2, -0.15) is 0 Å². The van der Waals surface area contributed by atoms with Gasteiger partial charge in [-0.15, -0.1) is 0 Å². The summed E-state index contributed by atoms with van der Waals surface area (Å²) >= 11 is 0. The molecule has 0 bridgehead atoms. The van der Waals surface area contributed by atoms with Crippen LogP contribution in [-0.2, 0) is 18.9 Å². The van der Waals surface area contributed by atoms with Crippen LogP contribution in [0.25, 0.3) is 0 Å². The number of methoxy groups -OCH3 is 4. The van der Waals surface area contributed by atoms with E-state index >= 15 is 0 Å². The van der Waals surface area contributed by atoms with Crippen LogP contribution in [0.5, 0.6) is 0 Å². The molecular formula is C10H22O5. The molecule has 0 saturated carbocycles. The average Bonchev–Trinajstić information content (AvgIpc) is 2.24. The third-order valence-corrected chi connectivity index (χ3v) is 2.42. The first-order valence-electron chi connectivity index (χ1n) is 4.87. The highest BCUT2D eigenvalue weighted by Gasteiger charge is 2.32. The van der Waals surface area contributed by atoms with Crippen molar-refractivity contribution in [3.8, 4) is 0 Å². The second-order valence-corrected chi connectivity index (χ2v) is 3.36. The van der Waals surface area contributed by atoms with E-state index in [0.29, 0.717) is 0 Å². The zero-order chi connectivity index (χ0) is 11.8. The predicted octanol–water partition coefficient (Wildman–Crippen LogP) is 0.0586. The molecule has 1 N–H and O–H groups in total. The van der Waals surface area contributed by atoms with Crippen LogP contribution in [0.4, 0.5) is 0 Å². The van der Waals surface area contributed by atoms with Crippen LogP contribution in [0.3, 0.4) is 0 Å². The first-order chi connectivity index (χ1) is 7.12. The maximum absolute atomic E-state index is 9.77. The molecule has 5 heteroatoms. The number of aliphatic hydroxyl groups is 1. The van der Waals surface area contributed by atoms with Crippen LogP contribution >= 0.6 is 0 Å². The van der Waals surface area contributed by atoms with Gasteiger partial charge < -0.3 is 24.1 Å². The Morgan fingerprint density at radius 2 is 1.47 bits per heavy atom. The zero-order valence-corrected chi connectivity index (χ0v) is 10.1. The monoisotopic (exact) mass is 222 g/mol. The van der Waals surface area contributed by atoms with E-state index in [2.05, 4.69) is 0 Å². The molecule has 0 aliphatic carbocycles. The Morgan fingerprint density at radius 1 is 0.933 bits per heavy atom. The van der Waals surface area contributed by atoms with E-state index in [1.54, 1.807) is 14.2 Å². The summed E-state index contributed by atoms with van der Waals surface area (Å²) in [5, 5.41) is 9.77. The molecule has 0 saturated heterocycles. The zero-order valence-electron chi connectivity index (χ0n) is 10.1. The molecule has 0 spiro atoms. The van der Waals surface area contributed by atoms with Crippen LogP contribution < -0.4 is 0 Å². The topological polar surface area (TPSA) is 57.2 Å². The molecule has 0 unspecified atom stereocenters. The summed E-state index contributed by atoms with van der Waals surface area (Å²) in [4.78, 5) is 0. The van der Waals surface area contributed by atoms with Crippen molar-refractivity contribution in [2.24, 2.45) is 0 Å². The van der Waals surface area contributed by atoms with Crippen LogP contribution in [-0.4, -0.2) is 64.6 Å². The molecule has 0 radical (unpaired) electrons. The summed E-state index contributed by atoms with van der Waals surface area (Å²) < 4.78 is 20.5. The number of ether oxygens (including phenoxy) is 4. The van der Waals surface area contributed by atoms with Crippen molar-refractivity contribution in [3.63, 3.8) is 0 Å². The fourth-order valence-electron chi connectivity index (χ4n) is 1.50. The van der Waals surface area contributed by atoms with Crippen LogP contribution in [0, 0.1) is 0 Å². The van der Waals surface area contributed by atoms with Crippen LogP contribution in [0.2, 0.25) is 0 Å². The molecular weight excluding hydrogens is 200 g/mol. The lowest BCUT2D eigenvalue weighted by molar-refractivity contribution is -0.147. The minimum absolute atomic E-state index is 0.161. The minimum Gasteiger partial charge on any atom is -0.388 e. The Labute approximate surface area is 91.3 Å². The van der Waals surface area contributed by atoms with Gasteiger partial charge in [-0.05, 0) is 6.92 Å². The van der Waals surface area contributed by atoms with Crippen molar-refractivity contribution in [2.75, 3.05) is 35.0 Å². The third kappa shape index (κ3) is 4.44. The number of hydrogen-bond acceptors (Lipinski definition) is 5. The van der Waals surface area contributed by atoms with Crippen molar-refractivity contribution in [1.29, 1.82) is 0 Å². The molecule has 0 aromatic carbocycles. The molecule has 0 aliphatic rings. The first-order valence-corrected chi connectivity index (χ1v) is 4.87. The number of hydrogen-bond donors (Lipinski definition) is 1. The summed E-state index contributed by atoms with van der Waals surface area (Å²) in [6.07, 6.45) is -1.69. The van der Waals surface area contributed by atoms with Crippen LogP contribution in [0.15, 0.2) is 0 Å². The third-order valence-electron chi connectivity index (χ3n) is 2.42. The summed E-state index contributed by atoms with van der Waals surface area (Å²) in [5.74, 6) is 0. The lowest BCUT2D eigenvalue weighted by Gasteiger charge is -2.31. The highest BCUT2D eigenvalue weighted by Crippen LogP contribution is 2.14. The molecule has 0 aliphatic heterocycles. The van der Waals surface area contributed by atoms with E-state index in [1.165, 1.54) is 14.2 Å². The lowest BCUT2D eigenvalue weighted by atomic mass is 10.0. The van der Waals surface area contributed by atoms with Crippen LogP contribution in [0.1, 0.15) is 6.92 Å². The van der Waals surface area contributed by atoms with E-state index in [0.717, 1.165) is 0 Å². The fourth-order valence-corrected chi connectivity index (χ4v) is 1.50. The van der Waals surface area contributed by atoms with Crippen molar-refractivity contribution < 1.29 is 24.1 Å². The van der Waals surface area contributed by atoms with Crippen molar-refractivity contribution in [2.45, 2.75) is 31.3 Å².